The van der Waals surface area contributed by atoms with Crippen molar-refractivity contribution in [1.82, 2.24) is 4.98 Å². The molecular weight excluding hydrogens is 375 g/mol. The molecule has 1 N–H and O–H groups in total. The molecule has 1 heterocycles. The summed E-state index contributed by atoms with van der Waals surface area (Å²) in [6.07, 6.45) is 5.27. The second-order valence-electron chi connectivity index (χ2n) is 6.58. The predicted molar refractivity (Wildman–Crippen MR) is 115 cm³/mol. The van der Waals surface area contributed by atoms with E-state index in [1.807, 2.05) is 26.0 Å². The van der Waals surface area contributed by atoms with Crippen LogP contribution in [0.5, 0.6) is 0 Å². The highest BCUT2D eigenvalue weighted by molar-refractivity contribution is 7.69. The SMILES string of the molecule is C=C(/N=C(\C=C/C)c1ccc(P(C)(C)=O)nc1)Nc1cc([N+](=O)[O-])ccc1C. The molecule has 0 saturated heterocycles. The summed E-state index contributed by atoms with van der Waals surface area (Å²) in [6, 6.07) is 8.11. The smallest absolute Gasteiger partial charge is 0.271 e. The maximum absolute atomic E-state index is 12.1. The Morgan fingerprint density at radius 1 is 1.32 bits per heavy atom. The van der Waals surface area contributed by atoms with Gasteiger partial charge in [0, 0.05) is 29.6 Å². The van der Waals surface area contributed by atoms with Crippen LogP contribution in [0, 0.1) is 17.0 Å². The summed E-state index contributed by atoms with van der Waals surface area (Å²) in [5.41, 5.74) is 3.30. The molecular formula is C20H23N4O3P. The third-order valence-electron chi connectivity index (χ3n) is 3.89. The number of aliphatic imine (C=N–C) groups is 1. The molecule has 0 spiro atoms. The first-order chi connectivity index (χ1) is 13.1. The Morgan fingerprint density at radius 3 is 2.57 bits per heavy atom. The summed E-state index contributed by atoms with van der Waals surface area (Å²) in [6.45, 7) is 10.9. The highest BCUT2D eigenvalue weighted by Crippen LogP contribution is 2.33. The number of nitrogens with zero attached hydrogens (tertiary/aromatic N) is 3. The van der Waals surface area contributed by atoms with E-state index in [0.29, 0.717) is 22.7 Å². The van der Waals surface area contributed by atoms with Gasteiger partial charge in [0.05, 0.1) is 16.1 Å². The second-order valence-corrected chi connectivity index (χ2v) is 9.74. The molecule has 0 radical (unpaired) electrons. The minimum Gasteiger partial charge on any atom is -0.340 e. The van der Waals surface area contributed by atoms with E-state index in [9.17, 15) is 14.7 Å². The normalized spacial score (nSPS) is 12.2. The van der Waals surface area contributed by atoms with E-state index in [0.717, 1.165) is 11.1 Å². The van der Waals surface area contributed by atoms with Crippen LogP contribution >= 0.6 is 7.14 Å². The van der Waals surface area contributed by atoms with Gasteiger partial charge < -0.3 is 9.88 Å². The summed E-state index contributed by atoms with van der Waals surface area (Å²) in [7, 11) is -2.43. The molecule has 0 saturated carbocycles. The van der Waals surface area contributed by atoms with Crippen LogP contribution in [0.25, 0.3) is 0 Å². The number of rotatable bonds is 7. The van der Waals surface area contributed by atoms with Crippen molar-refractivity contribution < 1.29 is 9.49 Å². The van der Waals surface area contributed by atoms with Gasteiger partial charge in [0.1, 0.15) is 13.0 Å². The van der Waals surface area contributed by atoms with Crippen molar-refractivity contribution >= 4 is 29.7 Å². The van der Waals surface area contributed by atoms with Crippen molar-refractivity contribution in [1.29, 1.82) is 0 Å². The molecule has 1 aromatic heterocycles. The van der Waals surface area contributed by atoms with Gasteiger partial charge in [0.2, 0.25) is 0 Å². The summed E-state index contributed by atoms with van der Waals surface area (Å²) < 4.78 is 12.1. The van der Waals surface area contributed by atoms with Crippen LogP contribution < -0.4 is 10.8 Å². The van der Waals surface area contributed by atoms with Crippen molar-refractivity contribution in [2.24, 2.45) is 4.99 Å². The average Bonchev–Trinajstić information content (AvgIpc) is 2.62. The largest absolute Gasteiger partial charge is 0.340 e. The lowest BCUT2D eigenvalue weighted by molar-refractivity contribution is -0.384. The molecule has 0 fully saturated rings. The van der Waals surface area contributed by atoms with E-state index in [-0.39, 0.29) is 5.69 Å². The lowest BCUT2D eigenvalue weighted by atomic mass is 10.1. The van der Waals surface area contributed by atoms with Gasteiger partial charge in [0.15, 0.2) is 0 Å². The quantitative estimate of drug-likeness (QED) is 0.321. The Bertz CT molecular complexity index is 1000. The van der Waals surface area contributed by atoms with E-state index in [1.165, 1.54) is 12.1 Å². The minimum atomic E-state index is -2.43. The standard InChI is InChI=1S/C20H23N4O3P/c1-6-7-18(16-9-11-20(21-13-16)28(4,5)27)22-15(3)23-19-12-17(24(25)26)10-8-14(19)2/h6-13,23H,3H2,1-2,4-5H3/b7-6-,22-18+. The minimum absolute atomic E-state index is 0.0121. The van der Waals surface area contributed by atoms with E-state index < -0.39 is 12.1 Å². The Morgan fingerprint density at radius 2 is 2.04 bits per heavy atom. The number of aromatic nitrogens is 1. The first-order valence-corrected chi connectivity index (χ1v) is 11.2. The van der Waals surface area contributed by atoms with Gasteiger partial charge in [-0.25, -0.2) is 4.99 Å². The fourth-order valence-corrected chi connectivity index (χ4v) is 3.17. The zero-order valence-electron chi connectivity index (χ0n) is 16.3. The Labute approximate surface area is 164 Å². The predicted octanol–water partition coefficient (Wildman–Crippen LogP) is 4.49. The van der Waals surface area contributed by atoms with Crippen LogP contribution in [0.15, 0.2) is 66.1 Å². The topological polar surface area (TPSA) is 97.5 Å². The number of hydrogen-bond acceptors (Lipinski definition) is 6. The molecule has 0 bridgehead atoms. The Balaban J connectivity index is 2.31. The Kier molecular flexibility index (Phi) is 6.65. The van der Waals surface area contributed by atoms with Crippen molar-refractivity contribution in [2.75, 3.05) is 18.6 Å². The van der Waals surface area contributed by atoms with Gasteiger partial charge in [-0.2, -0.15) is 0 Å². The molecule has 146 valence electrons. The summed E-state index contributed by atoms with van der Waals surface area (Å²) in [4.78, 5) is 19.3. The van der Waals surface area contributed by atoms with E-state index >= 15 is 0 Å². The van der Waals surface area contributed by atoms with Crippen LogP contribution in [-0.2, 0) is 4.57 Å². The molecule has 0 aliphatic rings. The van der Waals surface area contributed by atoms with Crippen LogP contribution in [0.3, 0.4) is 0 Å². The van der Waals surface area contributed by atoms with Crippen LogP contribution in [0.1, 0.15) is 18.1 Å². The second kappa shape index (κ2) is 8.76. The van der Waals surface area contributed by atoms with Crippen molar-refractivity contribution in [2.45, 2.75) is 13.8 Å². The lowest BCUT2D eigenvalue weighted by Crippen LogP contribution is -2.10. The maximum Gasteiger partial charge on any atom is 0.271 e. The Hall–Kier alpha value is -3.05. The monoisotopic (exact) mass is 398 g/mol. The van der Waals surface area contributed by atoms with Crippen LogP contribution in [0.2, 0.25) is 0 Å². The average molecular weight is 398 g/mol. The van der Waals surface area contributed by atoms with Gasteiger partial charge >= 0.3 is 0 Å². The van der Waals surface area contributed by atoms with Crippen molar-refractivity contribution in [3.05, 3.63) is 82.3 Å². The van der Waals surface area contributed by atoms with E-state index in [4.69, 9.17) is 0 Å². The number of nitro groups is 1. The molecule has 0 atom stereocenters. The number of pyridine rings is 1. The highest BCUT2D eigenvalue weighted by atomic mass is 31.2. The summed E-state index contributed by atoms with van der Waals surface area (Å²) in [5, 5.41) is 14.0. The molecule has 0 amide bonds. The fraction of sp³-hybridized carbons (Fsp3) is 0.200. The third-order valence-corrected chi connectivity index (χ3v) is 5.25. The molecule has 0 aliphatic heterocycles. The van der Waals surface area contributed by atoms with Crippen LogP contribution in [-0.4, -0.2) is 28.9 Å². The van der Waals surface area contributed by atoms with Gasteiger partial charge in [-0.15, -0.1) is 0 Å². The molecule has 8 heteroatoms. The lowest BCUT2D eigenvalue weighted by Gasteiger charge is -2.11. The number of allylic oxidation sites excluding steroid dienone is 2. The zero-order valence-corrected chi connectivity index (χ0v) is 17.2. The van der Waals surface area contributed by atoms with Crippen LogP contribution in [0.4, 0.5) is 11.4 Å². The van der Waals surface area contributed by atoms with Gasteiger partial charge in [0.25, 0.3) is 5.69 Å². The number of anilines is 1. The number of benzene rings is 1. The van der Waals surface area contributed by atoms with Gasteiger partial charge in [-0.3, -0.25) is 15.1 Å². The van der Waals surface area contributed by atoms with E-state index in [2.05, 4.69) is 21.9 Å². The van der Waals surface area contributed by atoms with E-state index in [1.54, 1.807) is 37.7 Å². The molecule has 28 heavy (non-hydrogen) atoms. The fourth-order valence-electron chi connectivity index (χ4n) is 2.40. The van der Waals surface area contributed by atoms with Gasteiger partial charge in [-0.05, 0) is 50.9 Å². The zero-order chi connectivity index (χ0) is 20.9. The first kappa shape index (κ1) is 21.3. The molecule has 0 aliphatic carbocycles. The molecule has 0 unspecified atom stereocenters. The van der Waals surface area contributed by atoms with Crippen molar-refractivity contribution in [3.63, 3.8) is 0 Å². The number of nitro benzene ring substituents is 1. The third kappa shape index (κ3) is 5.47. The molecule has 2 aromatic rings. The summed E-state index contributed by atoms with van der Waals surface area (Å²) in [5.74, 6) is 0.331. The first-order valence-electron chi connectivity index (χ1n) is 8.56. The maximum atomic E-state index is 12.1. The highest BCUT2D eigenvalue weighted by Gasteiger charge is 2.13. The summed E-state index contributed by atoms with van der Waals surface area (Å²) >= 11 is 0. The molecule has 1 aromatic carbocycles. The number of aryl methyl sites for hydroxylation is 1. The number of nitrogens with one attached hydrogen (secondary N) is 1. The van der Waals surface area contributed by atoms with Crippen molar-refractivity contribution in [3.8, 4) is 0 Å². The molecule has 7 nitrogen and oxygen atoms in total. The number of non-ortho nitro benzene ring substituents is 1. The van der Waals surface area contributed by atoms with Gasteiger partial charge in [-0.1, -0.05) is 18.7 Å². The number of hydrogen-bond donors (Lipinski definition) is 1. The molecule has 2 rings (SSSR count).